The number of nitrogens with two attached hydrogens (primary N) is 1. The van der Waals surface area contributed by atoms with Gasteiger partial charge in [0.1, 0.15) is 5.75 Å². The maximum Gasteiger partial charge on any atom is 0.261 e. The molecule has 7 nitrogen and oxygen atoms in total. The first-order valence-corrected chi connectivity index (χ1v) is 9.65. The minimum Gasteiger partial charge on any atom is -0.496 e. The first-order valence-electron chi connectivity index (χ1n) is 9.65. The van der Waals surface area contributed by atoms with Gasteiger partial charge in [-0.2, -0.15) is 0 Å². The molecule has 2 aliphatic rings. The summed E-state index contributed by atoms with van der Waals surface area (Å²) in [6.45, 7) is 0.480. The van der Waals surface area contributed by atoms with Crippen molar-refractivity contribution in [1.29, 1.82) is 0 Å². The highest BCUT2D eigenvalue weighted by molar-refractivity contribution is 6.21. The molecule has 0 aromatic heterocycles. The Labute approximate surface area is 181 Å². The number of carbonyl (C=O) groups is 3. The number of nitrogens with zero attached hydrogens (tertiary/aromatic N) is 1. The third-order valence-electron chi connectivity index (χ3n) is 5.45. The number of ether oxygens (including phenoxy) is 1. The van der Waals surface area contributed by atoms with E-state index in [1.807, 2.05) is 0 Å². The Morgan fingerprint density at radius 3 is 2.37 bits per heavy atom. The largest absolute Gasteiger partial charge is 0.496 e. The quantitative estimate of drug-likeness (QED) is 0.658. The Morgan fingerprint density at radius 2 is 1.80 bits per heavy atom. The van der Waals surface area contributed by atoms with Crippen molar-refractivity contribution in [2.75, 3.05) is 13.7 Å². The summed E-state index contributed by atoms with van der Waals surface area (Å²) in [7, 11) is 1.49. The van der Waals surface area contributed by atoms with Crippen LogP contribution in [-0.4, -0.2) is 42.3 Å². The van der Waals surface area contributed by atoms with Crippen molar-refractivity contribution in [3.05, 3.63) is 64.7 Å². The van der Waals surface area contributed by atoms with Crippen LogP contribution in [0.5, 0.6) is 5.75 Å². The third kappa shape index (κ3) is 4.17. The molecule has 1 aliphatic carbocycles. The standard InChI is InChI=1S/C22H23N3O4.ClH/c1-29-19-9-6-13(10-17(19)20(26)24-11-18(23)14-7-8-14)12-25-21(27)15-4-2-3-5-16(15)22(25)28;/h2-6,9-10,14,18H,7-8,11-12,23H2,1H3,(H,24,26);1H. The van der Waals surface area contributed by atoms with Crippen LogP contribution in [0.4, 0.5) is 0 Å². The molecule has 1 unspecified atom stereocenters. The summed E-state index contributed by atoms with van der Waals surface area (Å²) < 4.78 is 5.31. The number of imide groups is 1. The second-order valence-corrected chi connectivity index (χ2v) is 7.49. The molecule has 1 fully saturated rings. The fourth-order valence-electron chi connectivity index (χ4n) is 3.59. The fraction of sp³-hybridized carbons (Fsp3) is 0.318. The van der Waals surface area contributed by atoms with E-state index in [0.717, 1.165) is 12.8 Å². The number of hydrogen-bond acceptors (Lipinski definition) is 5. The molecule has 8 heteroatoms. The number of hydrogen-bond donors (Lipinski definition) is 2. The van der Waals surface area contributed by atoms with Gasteiger partial charge in [0, 0.05) is 12.6 Å². The summed E-state index contributed by atoms with van der Waals surface area (Å²) in [5, 5.41) is 2.86. The lowest BCUT2D eigenvalue weighted by Gasteiger charge is -2.17. The molecule has 158 valence electrons. The zero-order valence-electron chi connectivity index (χ0n) is 16.6. The molecule has 2 aromatic carbocycles. The van der Waals surface area contributed by atoms with Crippen LogP contribution in [0.15, 0.2) is 42.5 Å². The van der Waals surface area contributed by atoms with Gasteiger partial charge in [-0.3, -0.25) is 19.3 Å². The smallest absolute Gasteiger partial charge is 0.261 e. The zero-order valence-corrected chi connectivity index (χ0v) is 17.4. The fourth-order valence-corrected chi connectivity index (χ4v) is 3.59. The van der Waals surface area contributed by atoms with Crippen LogP contribution in [0.25, 0.3) is 0 Å². The number of benzene rings is 2. The first kappa shape index (κ1) is 21.8. The minimum absolute atomic E-state index is 0. The van der Waals surface area contributed by atoms with E-state index in [9.17, 15) is 14.4 Å². The molecule has 3 amide bonds. The van der Waals surface area contributed by atoms with Crippen molar-refractivity contribution < 1.29 is 19.1 Å². The lowest BCUT2D eigenvalue weighted by atomic mass is 10.1. The van der Waals surface area contributed by atoms with Gasteiger partial charge in [0.05, 0.1) is 30.3 Å². The molecule has 0 saturated heterocycles. The van der Waals surface area contributed by atoms with Crippen LogP contribution in [0.2, 0.25) is 0 Å². The molecule has 1 saturated carbocycles. The zero-order chi connectivity index (χ0) is 20.5. The molecule has 1 atom stereocenters. The number of rotatable bonds is 7. The number of amides is 3. The van der Waals surface area contributed by atoms with Crippen LogP contribution in [-0.2, 0) is 6.54 Å². The maximum atomic E-state index is 12.7. The third-order valence-corrected chi connectivity index (χ3v) is 5.45. The molecule has 1 heterocycles. The Bertz CT molecular complexity index is 955. The Morgan fingerprint density at radius 1 is 1.17 bits per heavy atom. The van der Waals surface area contributed by atoms with Crippen LogP contribution in [0, 0.1) is 5.92 Å². The van der Waals surface area contributed by atoms with Crippen LogP contribution in [0.3, 0.4) is 0 Å². The molecule has 2 aromatic rings. The predicted octanol–water partition coefficient (Wildman–Crippen LogP) is 2.38. The SMILES string of the molecule is COc1ccc(CN2C(=O)c3ccccc3C2=O)cc1C(=O)NCC(N)C1CC1.Cl. The second-order valence-electron chi connectivity index (χ2n) is 7.49. The number of nitrogens with one attached hydrogen (secondary N) is 1. The van der Waals surface area contributed by atoms with E-state index < -0.39 is 0 Å². The summed E-state index contributed by atoms with van der Waals surface area (Å²) in [5.74, 6) is -0.0428. The lowest BCUT2D eigenvalue weighted by Crippen LogP contribution is -2.38. The van der Waals surface area contributed by atoms with Gasteiger partial charge in [-0.05, 0) is 48.6 Å². The number of methoxy groups -OCH3 is 1. The van der Waals surface area contributed by atoms with Crippen LogP contribution in [0.1, 0.15) is 49.5 Å². The van der Waals surface area contributed by atoms with Crippen molar-refractivity contribution in [3.8, 4) is 5.75 Å². The van der Waals surface area contributed by atoms with Crippen molar-refractivity contribution >= 4 is 30.1 Å². The highest BCUT2D eigenvalue weighted by Crippen LogP contribution is 2.31. The first-order chi connectivity index (χ1) is 14.0. The van der Waals surface area contributed by atoms with E-state index in [2.05, 4.69) is 5.32 Å². The van der Waals surface area contributed by atoms with Gasteiger partial charge in [0.25, 0.3) is 17.7 Å². The Kier molecular flexibility index (Phi) is 6.43. The predicted molar refractivity (Wildman–Crippen MR) is 114 cm³/mol. The molecule has 1 aliphatic heterocycles. The van der Waals surface area contributed by atoms with Crippen molar-refractivity contribution in [1.82, 2.24) is 10.2 Å². The average molecular weight is 430 g/mol. The van der Waals surface area contributed by atoms with E-state index >= 15 is 0 Å². The van der Waals surface area contributed by atoms with E-state index in [4.69, 9.17) is 10.5 Å². The van der Waals surface area contributed by atoms with Gasteiger partial charge < -0.3 is 15.8 Å². The average Bonchev–Trinajstić information content (AvgIpc) is 3.57. The van der Waals surface area contributed by atoms with E-state index in [1.165, 1.54) is 12.0 Å². The van der Waals surface area contributed by atoms with Crippen LogP contribution >= 0.6 is 12.4 Å². The Balaban J connectivity index is 0.00000256. The summed E-state index contributed by atoms with van der Waals surface area (Å²) >= 11 is 0. The van der Waals surface area contributed by atoms with Gasteiger partial charge in [-0.15, -0.1) is 12.4 Å². The number of carbonyl (C=O) groups excluding carboxylic acids is 3. The van der Waals surface area contributed by atoms with E-state index in [1.54, 1.807) is 42.5 Å². The summed E-state index contributed by atoms with van der Waals surface area (Å²) in [6, 6.07) is 11.8. The monoisotopic (exact) mass is 429 g/mol. The highest BCUT2D eigenvalue weighted by atomic mass is 35.5. The molecule has 0 radical (unpaired) electrons. The van der Waals surface area contributed by atoms with E-state index in [-0.39, 0.29) is 42.7 Å². The lowest BCUT2D eigenvalue weighted by molar-refractivity contribution is 0.0642. The number of halogens is 1. The second kappa shape index (κ2) is 8.85. The molecule has 0 spiro atoms. The topological polar surface area (TPSA) is 102 Å². The molecule has 3 N–H and O–H groups in total. The Hall–Kier alpha value is -2.90. The van der Waals surface area contributed by atoms with Gasteiger partial charge >= 0.3 is 0 Å². The van der Waals surface area contributed by atoms with E-state index in [0.29, 0.717) is 40.5 Å². The van der Waals surface area contributed by atoms with Crippen molar-refractivity contribution in [2.45, 2.75) is 25.4 Å². The molecule has 0 bridgehead atoms. The van der Waals surface area contributed by atoms with Gasteiger partial charge in [0.15, 0.2) is 0 Å². The highest BCUT2D eigenvalue weighted by Gasteiger charge is 2.35. The summed E-state index contributed by atoms with van der Waals surface area (Å²) in [4.78, 5) is 39.0. The normalized spacial score (nSPS) is 16.0. The molecule has 30 heavy (non-hydrogen) atoms. The van der Waals surface area contributed by atoms with Crippen molar-refractivity contribution in [3.63, 3.8) is 0 Å². The maximum absolute atomic E-state index is 12.7. The molecular formula is C22H24ClN3O4. The van der Waals surface area contributed by atoms with Gasteiger partial charge in [-0.25, -0.2) is 0 Å². The van der Waals surface area contributed by atoms with Crippen LogP contribution < -0.4 is 15.8 Å². The summed E-state index contributed by atoms with van der Waals surface area (Å²) in [5.41, 5.74) is 7.88. The van der Waals surface area contributed by atoms with Crippen molar-refractivity contribution in [2.24, 2.45) is 11.7 Å². The van der Waals surface area contributed by atoms with Gasteiger partial charge in [0.2, 0.25) is 0 Å². The minimum atomic E-state index is -0.331. The molecule has 4 rings (SSSR count). The van der Waals surface area contributed by atoms with Gasteiger partial charge in [-0.1, -0.05) is 18.2 Å². The molecular weight excluding hydrogens is 406 g/mol. The number of fused-ring (bicyclic) bond motifs is 1. The summed E-state index contributed by atoms with van der Waals surface area (Å²) in [6.07, 6.45) is 2.21.